The molecule has 102 valence electrons. The highest BCUT2D eigenvalue weighted by atomic mass is 16.5. The molecule has 0 spiro atoms. The van der Waals surface area contributed by atoms with Crippen molar-refractivity contribution >= 4 is 17.0 Å². The Morgan fingerprint density at radius 2 is 2.00 bits per heavy atom. The Balaban J connectivity index is 2.03. The summed E-state index contributed by atoms with van der Waals surface area (Å²) in [5.74, 6) is 0.217. The van der Waals surface area contributed by atoms with Gasteiger partial charge in [0.1, 0.15) is 30.2 Å². The van der Waals surface area contributed by atoms with Crippen LogP contribution in [0.15, 0.2) is 12.7 Å². The third-order valence-corrected chi connectivity index (χ3v) is 3.14. The first-order valence-electron chi connectivity index (χ1n) is 5.68. The van der Waals surface area contributed by atoms with Gasteiger partial charge in [-0.05, 0) is 0 Å². The van der Waals surface area contributed by atoms with Gasteiger partial charge in [-0.2, -0.15) is 0 Å². The number of imidazole rings is 1. The lowest BCUT2D eigenvalue weighted by Gasteiger charge is -2.35. The fourth-order valence-electron chi connectivity index (χ4n) is 2.09. The van der Waals surface area contributed by atoms with Crippen LogP contribution in [0.3, 0.4) is 0 Å². The van der Waals surface area contributed by atoms with Crippen LogP contribution in [0.25, 0.3) is 11.2 Å². The Morgan fingerprint density at radius 3 is 2.79 bits per heavy atom. The smallest absolute Gasteiger partial charge is 0.167 e. The van der Waals surface area contributed by atoms with E-state index in [0.29, 0.717) is 11.2 Å². The van der Waals surface area contributed by atoms with Gasteiger partial charge in [-0.25, -0.2) is 15.0 Å². The minimum Gasteiger partial charge on any atom is -0.388 e. The fourth-order valence-corrected chi connectivity index (χ4v) is 2.09. The van der Waals surface area contributed by atoms with Crippen molar-refractivity contribution in [3.63, 3.8) is 0 Å². The number of anilines is 1. The highest BCUT2D eigenvalue weighted by molar-refractivity contribution is 5.81. The summed E-state index contributed by atoms with van der Waals surface area (Å²) in [6, 6.07) is 0. The van der Waals surface area contributed by atoms with E-state index < -0.39 is 24.5 Å². The maximum Gasteiger partial charge on any atom is 0.167 e. The van der Waals surface area contributed by atoms with Gasteiger partial charge in [-0.15, -0.1) is 0 Å². The first kappa shape index (κ1) is 12.2. The largest absolute Gasteiger partial charge is 0.388 e. The van der Waals surface area contributed by atoms with Crippen molar-refractivity contribution in [2.24, 2.45) is 0 Å². The zero-order valence-corrected chi connectivity index (χ0v) is 9.79. The number of fused-ring (bicyclic) bond motifs is 1. The molecular weight excluding hydrogens is 254 g/mol. The van der Waals surface area contributed by atoms with Crippen molar-refractivity contribution < 1.29 is 20.1 Å². The molecule has 2 aromatic rings. The predicted octanol–water partition coefficient (Wildman–Crippen LogP) is -1.98. The van der Waals surface area contributed by atoms with Crippen LogP contribution in [0.1, 0.15) is 6.23 Å². The first-order chi connectivity index (χ1) is 9.09. The van der Waals surface area contributed by atoms with Gasteiger partial charge in [-0.3, -0.25) is 4.57 Å². The van der Waals surface area contributed by atoms with Crippen molar-refractivity contribution in [2.45, 2.75) is 24.5 Å². The molecule has 4 atom stereocenters. The Hall–Kier alpha value is -1.81. The topological polar surface area (TPSA) is 140 Å². The molecule has 0 unspecified atom stereocenters. The number of aliphatic hydroxyl groups is 3. The van der Waals surface area contributed by atoms with E-state index in [1.54, 1.807) is 0 Å². The molecule has 1 aliphatic heterocycles. The highest BCUT2D eigenvalue weighted by Crippen LogP contribution is 2.27. The zero-order chi connectivity index (χ0) is 13.6. The Morgan fingerprint density at radius 1 is 1.21 bits per heavy atom. The summed E-state index contributed by atoms with van der Waals surface area (Å²) < 4.78 is 6.78. The third-order valence-electron chi connectivity index (χ3n) is 3.14. The van der Waals surface area contributed by atoms with E-state index >= 15 is 0 Å². The molecule has 0 radical (unpaired) electrons. The second-order valence-corrected chi connectivity index (χ2v) is 4.36. The molecule has 0 aliphatic carbocycles. The maximum absolute atomic E-state index is 9.95. The summed E-state index contributed by atoms with van der Waals surface area (Å²) in [5.41, 5.74) is 6.44. The number of nitrogens with zero attached hydrogens (tertiary/aromatic N) is 4. The van der Waals surface area contributed by atoms with Crippen LogP contribution in [0.5, 0.6) is 0 Å². The SMILES string of the molecule is Nc1ncnc2c1ncn2[C@H]1OC[C@@H](O)[C@@H](O)[C@H]1O. The van der Waals surface area contributed by atoms with Crippen LogP contribution in [0.2, 0.25) is 0 Å². The molecule has 3 heterocycles. The van der Waals surface area contributed by atoms with Crippen LogP contribution < -0.4 is 5.73 Å². The molecule has 19 heavy (non-hydrogen) atoms. The number of aromatic nitrogens is 4. The summed E-state index contributed by atoms with van der Waals surface area (Å²) >= 11 is 0. The molecule has 1 fully saturated rings. The standard InChI is InChI=1S/C10H13N5O4/c11-8-5-9(13-2-12-8)15(3-14-5)10-7(18)6(17)4(16)1-19-10/h2-4,6-7,10,16-18H,1H2,(H2,11,12,13)/t4-,6-,7-,10+/m1/s1. The molecule has 1 aliphatic rings. The molecule has 0 aromatic carbocycles. The third kappa shape index (κ3) is 1.83. The van der Waals surface area contributed by atoms with Gasteiger partial charge >= 0.3 is 0 Å². The molecular formula is C10H13N5O4. The average Bonchev–Trinajstić information content (AvgIpc) is 2.82. The van der Waals surface area contributed by atoms with Crippen LogP contribution in [-0.4, -0.2) is 59.8 Å². The van der Waals surface area contributed by atoms with Gasteiger partial charge in [0, 0.05) is 0 Å². The molecule has 0 amide bonds. The summed E-state index contributed by atoms with van der Waals surface area (Å²) in [5, 5.41) is 29.0. The van der Waals surface area contributed by atoms with E-state index in [0.717, 1.165) is 0 Å². The number of nitrogen functional groups attached to an aromatic ring is 1. The van der Waals surface area contributed by atoms with Gasteiger partial charge in [-0.1, -0.05) is 0 Å². The number of rotatable bonds is 1. The van der Waals surface area contributed by atoms with Crippen molar-refractivity contribution in [3.8, 4) is 0 Å². The quantitative estimate of drug-likeness (QED) is 0.466. The van der Waals surface area contributed by atoms with Gasteiger partial charge in [0.25, 0.3) is 0 Å². The second-order valence-electron chi connectivity index (χ2n) is 4.36. The van der Waals surface area contributed by atoms with Crippen molar-refractivity contribution in [3.05, 3.63) is 12.7 Å². The van der Waals surface area contributed by atoms with Crippen LogP contribution >= 0.6 is 0 Å². The van der Waals surface area contributed by atoms with Gasteiger partial charge in [0.15, 0.2) is 17.7 Å². The lowest BCUT2D eigenvalue weighted by Crippen LogP contribution is -2.50. The van der Waals surface area contributed by atoms with Crippen LogP contribution in [0.4, 0.5) is 5.82 Å². The number of hydrogen-bond acceptors (Lipinski definition) is 8. The van der Waals surface area contributed by atoms with E-state index in [4.69, 9.17) is 10.5 Å². The lowest BCUT2D eigenvalue weighted by atomic mass is 10.0. The molecule has 0 bridgehead atoms. The molecule has 3 rings (SSSR count). The van der Waals surface area contributed by atoms with E-state index in [-0.39, 0.29) is 12.4 Å². The van der Waals surface area contributed by atoms with Gasteiger partial charge in [0.2, 0.25) is 0 Å². The molecule has 9 heteroatoms. The van der Waals surface area contributed by atoms with Crippen molar-refractivity contribution in [1.82, 2.24) is 19.5 Å². The van der Waals surface area contributed by atoms with Crippen molar-refractivity contribution in [2.75, 3.05) is 12.3 Å². The monoisotopic (exact) mass is 267 g/mol. The molecule has 1 saturated heterocycles. The fraction of sp³-hybridized carbons (Fsp3) is 0.500. The Labute approximate surface area is 107 Å². The number of ether oxygens (including phenoxy) is 1. The van der Waals surface area contributed by atoms with E-state index in [1.165, 1.54) is 17.2 Å². The molecule has 2 aromatic heterocycles. The summed E-state index contributed by atoms with van der Waals surface area (Å²) in [7, 11) is 0. The number of aliphatic hydroxyl groups excluding tert-OH is 3. The minimum atomic E-state index is -1.30. The van der Waals surface area contributed by atoms with E-state index in [2.05, 4.69) is 15.0 Å². The van der Waals surface area contributed by atoms with Crippen LogP contribution in [-0.2, 0) is 4.74 Å². The van der Waals surface area contributed by atoms with Crippen molar-refractivity contribution in [1.29, 1.82) is 0 Å². The number of hydrogen-bond donors (Lipinski definition) is 4. The molecule has 5 N–H and O–H groups in total. The van der Waals surface area contributed by atoms with Gasteiger partial charge < -0.3 is 25.8 Å². The minimum absolute atomic E-state index is 0.0941. The normalized spacial score (nSPS) is 31.7. The number of nitrogens with two attached hydrogens (primary N) is 1. The predicted molar refractivity (Wildman–Crippen MR) is 62.7 cm³/mol. The first-order valence-corrected chi connectivity index (χ1v) is 5.68. The Kier molecular flexibility index (Phi) is 2.82. The average molecular weight is 267 g/mol. The summed E-state index contributed by atoms with van der Waals surface area (Å²) in [6.07, 6.45) is -1.93. The Bertz CT molecular complexity index is 603. The highest BCUT2D eigenvalue weighted by Gasteiger charge is 2.39. The lowest BCUT2D eigenvalue weighted by molar-refractivity contribution is -0.210. The zero-order valence-electron chi connectivity index (χ0n) is 9.79. The summed E-state index contributed by atoms with van der Waals surface area (Å²) in [6.45, 7) is -0.0941. The molecule has 0 saturated carbocycles. The maximum atomic E-state index is 9.95. The van der Waals surface area contributed by atoms with Crippen LogP contribution in [0, 0.1) is 0 Å². The van der Waals surface area contributed by atoms with E-state index in [9.17, 15) is 15.3 Å². The van der Waals surface area contributed by atoms with E-state index in [1.807, 2.05) is 0 Å². The van der Waals surface area contributed by atoms with Gasteiger partial charge in [0.05, 0.1) is 12.9 Å². The molecule has 9 nitrogen and oxygen atoms in total. The second kappa shape index (κ2) is 4.38. The summed E-state index contributed by atoms with van der Waals surface area (Å²) in [4.78, 5) is 11.9.